The Morgan fingerprint density at radius 2 is 1.92 bits per heavy atom. The van der Waals surface area contributed by atoms with Crippen molar-refractivity contribution in [1.29, 1.82) is 5.26 Å². The smallest absolute Gasteiger partial charge is 0.254 e. The maximum absolute atomic E-state index is 12.4. The topological polar surface area (TPSA) is 137 Å². The molecule has 2 fully saturated rings. The van der Waals surface area contributed by atoms with Gasteiger partial charge in [0, 0.05) is 43.0 Å². The van der Waals surface area contributed by atoms with Gasteiger partial charge in [0.25, 0.3) is 5.91 Å². The van der Waals surface area contributed by atoms with Gasteiger partial charge in [-0.15, -0.1) is 0 Å². The number of aliphatic hydroxyl groups is 1. The highest BCUT2D eigenvalue weighted by Crippen LogP contribution is 2.38. The second-order valence-electron chi connectivity index (χ2n) is 10.3. The van der Waals surface area contributed by atoms with E-state index < -0.39 is 5.60 Å². The van der Waals surface area contributed by atoms with Gasteiger partial charge in [-0.25, -0.2) is 9.97 Å². The van der Waals surface area contributed by atoms with Crippen molar-refractivity contribution in [1.82, 2.24) is 24.6 Å². The molecule has 2 N–H and O–H groups in total. The Morgan fingerprint density at radius 3 is 2.58 bits per heavy atom. The van der Waals surface area contributed by atoms with Crippen LogP contribution >= 0.6 is 0 Å². The zero-order chi connectivity index (χ0) is 26.9. The van der Waals surface area contributed by atoms with Crippen molar-refractivity contribution in [3.8, 4) is 17.3 Å². The van der Waals surface area contributed by atoms with Crippen molar-refractivity contribution in [3.05, 3.63) is 54.0 Å². The number of nitrogens with zero attached hydrogens (tertiary/aromatic N) is 6. The number of amides is 1. The van der Waals surface area contributed by atoms with Crippen LogP contribution in [0.5, 0.6) is 0 Å². The summed E-state index contributed by atoms with van der Waals surface area (Å²) in [6, 6.07) is 9.53. The van der Waals surface area contributed by atoms with Crippen LogP contribution in [-0.4, -0.2) is 60.1 Å². The highest BCUT2D eigenvalue weighted by atomic mass is 16.3. The summed E-state index contributed by atoms with van der Waals surface area (Å²) >= 11 is 0. The number of anilines is 2. The van der Waals surface area contributed by atoms with Crippen molar-refractivity contribution in [2.45, 2.75) is 57.6 Å². The lowest BCUT2D eigenvalue weighted by Crippen LogP contribution is -2.45. The fourth-order valence-corrected chi connectivity index (χ4v) is 4.74. The van der Waals surface area contributed by atoms with E-state index >= 15 is 0 Å². The number of hydrogen-bond donors (Lipinski definition) is 2. The Morgan fingerprint density at radius 1 is 1.21 bits per heavy atom. The number of nitrogens with one attached hydrogen (secondary N) is 1. The summed E-state index contributed by atoms with van der Waals surface area (Å²) in [5, 5.41) is 26.8. The van der Waals surface area contributed by atoms with Gasteiger partial charge in [-0.3, -0.25) is 14.3 Å². The Kier molecular flexibility index (Phi) is 6.95. The van der Waals surface area contributed by atoms with Crippen LogP contribution in [0.1, 0.15) is 61.0 Å². The number of hydrogen-bond acceptors (Lipinski definition) is 8. The van der Waals surface area contributed by atoms with Gasteiger partial charge in [-0.05, 0) is 45.1 Å². The Bertz CT molecular complexity index is 1380. The van der Waals surface area contributed by atoms with E-state index in [2.05, 4.69) is 21.5 Å². The monoisotopic (exact) mass is 513 g/mol. The predicted molar refractivity (Wildman–Crippen MR) is 140 cm³/mol. The summed E-state index contributed by atoms with van der Waals surface area (Å²) in [4.78, 5) is 35.6. The molecule has 5 rings (SSSR count). The molecule has 38 heavy (non-hydrogen) atoms. The maximum atomic E-state index is 12.4. The second kappa shape index (κ2) is 10.3. The zero-order valence-corrected chi connectivity index (χ0v) is 21.6. The van der Waals surface area contributed by atoms with Gasteiger partial charge in [0.15, 0.2) is 5.78 Å². The molecule has 3 heterocycles. The van der Waals surface area contributed by atoms with Crippen molar-refractivity contribution >= 4 is 23.3 Å². The van der Waals surface area contributed by atoms with Crippen LogP contribution in [0, 0.1) is 24.2 Å². The Labute approximate surface area is 221 Å². The number of likely N-dealkylation sites (tertiary alicyclic amines) is 1. The molecule has 0 bridgehead atoms. The van der Waals surface area contributed by atoms with E-state index in [0.717, 1.165) is 35.3 Å². The number of aromatic nitrogens is 4. The molecule has 0 spiro atoms. The predicted octanol–water partition coefficient (Wildman–Crippen LogP) is 3.81. The zero-order valence-electron chi connectivity index (χ0n) is 21.6. The number of carbonyl (C=O) groups excluding carboxylic acids is 2. The van der Waals surface area contributed by atoms with Crippen molar-refractivity contribution < 1.29 is 14.7 Å². The van der Waals surface area contributed by atoms with Crippen LogP contribution in [0.4, 0.5) is 11.6 Å². The maximum Gasteiger partial charge on any atom is 0.254 e. The molecule has 1 aliphatic heterocycles. The molecule has 1 saturated carbocycles. The third-order valence-electron chi connectivity index (χ3n) is 7.27. The SMILES string of the molecule is Cc1cnc(Nc2cnn(C3CCN(C(=O)C4(O)CC4)CC3)c2)nc1-c1ccc(C(=O)C[C@@H](C)C#N)cc1. The molecular formula is C28H31N7O3. The molecule has 1 aromatic carbocycles. The van der Waals surface area contributed by atoms with E-state index in [9.17, 15) is 14.7 Å². The molecule has 1 atom stereocenters. The van der Waals surface area contributed by atoms with Crippen LogP contribution < -0.4 is 5.32 Å². The van der Waals surface area contributed by atoms with Gasteiger partial charge in [0.1, 0.15) is 5.60 Å². The number of carbonyl (C=O) groups is 2. The molecule has 10 heteroatoms. The summed E-state index contributed by atoms with van der Waals surface area (Å²) in [6.07, 6.45) is 8.29. The standard InChI is InChI=1S/C28H31N7O3/c1-18(14-29)13-24(36)20-3-5-21(6-4-20)25-19(2)15-30-27(33-25)32-22-16-31-35(17-22)23-7-11-34(12-8-23)26(37)28(38)9-10-28/h3-6,15-18,23,38H,7-13H2,1-2H3,(H,30,32,33)/t18-/m1/s1. The number of nitriles is 1. The van der Waals surface area contributed by atoms with Crippen LogP contribution in [-0.2, 0) is 4.79 Å². The minimum absolute atomic E-state index is 0.0538. The summed E-state index contributed by atoms with van der Waals surface area (Å²) in [5.41, 5.74) is 2.75. The molecule has 1 aliphatic carbocycles. The van der Waals surface area contributed by atoms with E-state index in [1.54, 1.807) is 36.4 Å². The summed E-state index contributed by atoms with van der Waals surface area (Å²) in [5.74, 6) is -0.0727. The number of piperidine rings is 1. The molecule has 0 radical (unpaired) electrons. The van der Waals surface area contributed by atoms with Crippen LogP contribution in [0.3, 0.4) is 0 Å². The van der Waals surface area contributed by atoms with Crippen LogP contribution in [0.2, 0.25) is 0 Å². The Hall–Kier alpha value is -4.10. The van der Waals surface area contributed by atoms with E-state index in [0.29, 0.717) is 37.4 Å². The minimum atomic E-state index is -1.11. The average Bonchev–Trinajstić information content (AvgIpc) is 3.52. The van der Waals surface area contributed by atoms with Crippen molar-refractivity contribution in [2.24, 2.45) is 5.92 Å². The van der Waals surface area contributed by atoms with E-state index in [4.69, 9.17) is 10.2 Å². The number of ketones is 1. The average molecular weight is 514 g/mol. The molecule has 0 unspecified atom stereocenters. The molecule has 2 aromatic heterocycles. The molecule has 10 nitrogen and oxygen atoms in total. The van der Waals surface area contributed by atoms with Crippen molar-refractivity contribution in [2.75, 3.05) is 18.4 Å². The quantitative estimate of drug-likeness (QED) is 0.434. The number of aryl methyl sites for hydroxylation is 1. The number of benzene rings is 1. The third kappa shape index (κ3) is 5.43. The van der Waals surface area contributed by atoms with E-state index in [1.165, 1.54) is 0 Å². The van der Waals surface area contributed by atoms with Crippen molar-refractivity contribution in [3.63, 3.8) is 0 Å². The summed E-state index contributed by atoms with van der Waals surface area (Å²) < 4.78 is 1.91. The van der Waals surface area contributed by atoms with Gasteiger partial charge >= 0.3 is 0 Å². The normalized spacial score (nSPS) is 17.5. The van der Waals surface area contributed by atoms with Crippen LogP contribution in [0.25, 0.3) is 11.3 Å². The van der Waals surface area contributed by atoms with Gasteiger partial charge in [-0.1, -0.05) is 24.3 Å². The van der Waals surface area contributed by atoms with Gasteiger partial charge < -0.3 is 15.3 Å². The number of rotatable bonds is 8. The minimum Gasteiger partial charge on any atom is -0.380 e. The Balaban J connectivity index is 1.23. The molecule has 1 saturated heterocycles. The first-order valence-electron chi connectivity index (χ1n) is 13.0. The molecule has 3 aromatic rings. The highest BCUT2D eigenvalue weighted by Gasteiger charge is 2.50. The largest absolute Gasteiger partial charge is 0.380 e. The summed E-state index contributed by atoms with van der Waals surface area (Å²) in [6.45, 7) is 4.90. The molecule has 2 aliphatic rings. The van der Waals surface area contributed by atoms with E-state index in [1.807, 2.05) is 29.9 Å². The highest BCUT2D eigenvalue weighted by molar-refractivity contribution is 5.96. The summed E-state index contributed by atoms with van der Waals surface area (Å²) in [7, 11) is 0. The first kappa shape index (κ1) is 25.5. The first-order valence-corrected chi connectivity index (χ1v) is 13.0. The lowest BCUT2D eigenvalue weighted by Gasteiger charge is -2.33. The van der Waals surface area contributed by atoms with Gasteiger partial charge in [0.05, 0.1) is 35.6 Å². The van der Waals surface area contributed by atoms with Gasteiger partial charge in [-0.2, -0.15) is 10.4 Å². The molecule has 196 valence electrons. The fourth-order valence-electron chi connectivity index (χ4n) is 4.74. The number of Topliss-reactive ketones (excluding diaryl/α,β-unsaturated/α-hetero) is 1. The third-order valence-corrected chi connectivity index (χ3v) is 7.27. The fraction of sp³-hybridized carbons (Fsp3) is 0.429. The first-order chi connectivity index (χ1) is 18.3. The molecular weight excluding hydrogens is 482 g/mol. The lowest BCUT2D eigenvalue weighted by molar-refractivity contribution is -0.143. The second-order valence-corrected chi connectivity index (χ2v) is 10.3. The molecule has 1 amide bonds. The van der Waals surface area contributed by atoms with Gasteiger partial charge in [0.2, 0.25) is 5.95 Å². The lowest BCUT2D eigenvalue weighted by atomic mass is 9.99. The van der Waals surface area contributed by atoms with E-state index in [-0.39, 0.29) is 30.1 Å². The van der Waals surface area contributed by atoms with Crippen LogP contribution in [0.15, 0.2) is 42.9 Å².